The molecule has 0 unspecified atom stereocenters. The van der Waals surface area contributed by atoms with Crippen molar-refractivity contribution in [1.29, 1.82) is 0 Å². The van der Waals surface area contributed by atoms with E-state index in [0.29, 0.717) is 18.2 Å². The summed E-state index contributed by atoms with van der Waals surface area (Å²) in [5.74, 6) is 1.06. The summed E-state index contributed by atoms with van der Waals surface area (Å²) in [5.41, 5.74) is 2.63. The standard InChI is InChI=1S/C21H20ClN3O2/c1-27-18-6-7-19-16(10-18)9-17(20(22)24-19)13-25(21(26)15-4-5-15)12-14-3-2-8-23-11-14/h2-3,6-11,15H,4-5,12-13H2,1H3. The quantitative estimate of drug-likeness (QED) is 0.599. The molecule has 5 nitrogen and oxygen atoms in total. The Morgan fingerprint density at radius 1 is 1.26 bits per heavy atom. The molecule has 0 bridgehead atoms. The van der Waals surface area contributed by atoms with E-state index in [-0.39, 0.29) is 11.8 Å². The molecule has 2 heterocycles. The number of pyridine rings is 2. The first kappa shape index (κ1) is 17.7. The van der Waals surface area contributed by atoms with E-state index in [4.69, 9.17) is 16.3 Å². The van der Waals surface area contributed by atoms with Crippen molar-refractivity contribution in [3.05, 3.63) is 65.1 Å². The number of benzene rings is 1. The summed E-state index contributed by atoms with van der Waals surface area (Å²) in [4.78, 5) is 23.3. The third kappa shape index (κ3) is 4.03. The summed E-state index contributed by atoms with van der Waals surface area (Å²) < 4.78 is 5.30. The largest absolute Gasteiger partial charge is 0.497 e. The number of aromatic nitrogens is 2. The van der Waals surface area contributed by atoms with Crippen LogP contribution in [-0.2, 0) is 17.9 Å². The van der Waals surface area contributed by atoms with Crippen LogP contribution >= 0.6 is 11.6 Å². The Bertz CT molecular complexity index is 974. The molecule has 0 spiro atoms. The minimum Gasteiger partial charge on any atom is -0.497 e. The van der Waals surface area contributed by atoms with E-state index in [2.05, 4.69) is 9.97 Å². The number of amides is 1. The molecule has 0 aliphatic heterocycles. The minimum atomic E-state index is 0.133. The van der Waals surface area contributed by atoms with Gasteiger partial charge in [0.05, 0.1) is 12.6 Å². The average molecular weight is 382 g/mol. The molecule has 0 radical (unpaired) electrons. The molecule has 1 saturated carbocycles. The Hall–Kier alpha value is -2.66. The highest BCUT2D eigenvalue weighted by molar-refractivity contribution is 6.30. The van der Waals surface area contributed by atoms with Crippen LogP contribution in [0, 0.1) is 5.92 Å². The van der Waals surface area contributed by atoms with Crippen molar-refractivity contribution in [2.45, 2.75) is 25.9 Å². The summed E-state index contributed by atoms with van der Waals surface area (Å²) in [6, 6.07) is 11.5. The van der Waals surface area contributed by atoms with Crippen LogP contribution in [0.2, 0.25) is 5.15 Å². The lowest BCUT2D eigenvalue weighted by atomic mass is 10.1. The van der Waals surface area contributed by atoms with Gasteiger partial charge in [-0.15, -0.1) is 0 Å². The number of methoxy groups -OCH3 is 1. The number of carbonyl (C=O) groups excluding carboxylic acids is 1. The molecule has 138 valence electrons. The van der Waals surface area contributed by atoms with E-state index >= 15 is 0 Å². The van der Waals surface area contributed by atoms with Gasteiger partial charge in [-0.2, -0.15) is 0 Å². The molecular weight excluding hydrogens is 362 g/mol. The summed E-state index contributed by atoms with van der Waals surface area (Å²) in [7, 11) is 1.63. The first-order valence-corrected chi connectivity index (χ1v) is 9.32. The number of halogens is 1. The lowest BCUT2D eigenvalue weighted by molar-refractivity contribution is -0.133. The van der Waals surface area contributed by atoms with Crippen molar-refractivity contribution in [3.63, 3.8) is 0 Å². The number of ether oxygens (including phenoxy) is 1. The van der Waals surface area contributed by atoms with Crippen LogP contribution < -0.4 is 4.74 Å². The SMILES string of the molecule is COc1ccc2nc(Cl)c(CN(Cc3cccnc3)C(=O)C3CC3)cc2c1. The molecule has 4 rings (SSSR count). The molecular formula is C21H20ClN3O2. The van der Waals surface area contributed by atoms with Gasteiger partial charge in [0.2, 0.25) is 5.91 Å². The van der Waals surface area contributed by atoms with Gasteiger partial charge in [-0.05, 0) is 48.7 Å². The van der Waals surface area contributed by atoms with Crippen molar-refractivity contribution in [2.24, 2.45) is 5.92 Å². The molecule has 3 aromatic rings. The number of nitrogens with zero attached hydrogens (tertiary/aromatic N) is 3. The topological polar surface area (TPSA) is 55.3 Å². The van der Waals surface area contributed by atoms with Crippen LogP contribution in [0.4, 0.5) is 0 Å². The summed E-state index contributed by atoms with van der Waals surface area (Å²) in [5, 5.41) is 1.36. The summed E-state index contributed by atoms with van der Waals surface area (Å²) >= 11 is 6.43. The molecule has 1 aliphatic rings. The molecule has 2 aromatic heterocycles. The van der Waals surface area contributed by atoms with Gasteiger partial charge >= 0.3 is 0 Å². The lowest BCUT2D eigenvalue weighted by Crippen LogP contribution is -2.31. The molecule has 0 N–H and O–H groups in total. The van der Waals surface area contributed by atoms with E-state index < -0.39 is 0 Å². The number of carbonyl (C=O) groups is 1. The lowest BCUT2D eigenvalue weighted by Gasteiger charge is -2.23. The van der Waals surface area contributed by atoms with Crippen LogP contribution in [0.25, 0.3) is 10.9 Å². The van der Waals surface area contributed by atoms with Crippen LogP contribution in [0.5, 0.6) is 5.75 Å². The fourth-order valence-electron chi connectivity index (χ4n) is 3.13. The van der Waals surface area contributed by atoms with Gasteiger partial charge in [-0.3, -0.25) is 9.78 Å². The Morgan fingerprint density at radius 2 is 2.11 bits per heavy atom. The third-order valence-electron chi connectivity index (χ3n) is 4.74. The van der Waals surface area contributed by atoms with Gasteiger partial charge in [-0.1, -0.05) is 17.7 Å². The molecule has 0 saturated heterocycles. The molecule has 1 aliphatic carbocycles. The molecule has 6 heteroatoms. The highest BCUT2D eigenvalue weighted by Gasteiger charge is 2.33. The second-order valence-electron chi connectivity index (χ2n) is 6.83. The molecule has 27 heavy (non-hydrogen) atoms. The minimum absolute atomic E-state index is 0.133. The second kappa shape index (κ2) is 7.53. The zero-order valence-electron chi connectivity index (χ0n) is 15.1. The van der Waals surface area contributed by atoms with Crippen LogP contribution in [0.3, 0.4) is 0 Å². The van der Waals surface area contributed by atoms with Crippen LogP contribution in [0.1, 0.15) is 24.0 Å². The van der Waals surface area contributed by atoms with Gasteiger partial charge in [0.25, 0.3) is 0 Å². The van der Waals surface area contributed by atoms with Crippen molar-refractivity contribution in [1.82, 2.24) is 14.9 Å². The summed E-state index contributed by atoms with van der Waals surface area (Å²) in [6.07, 6.45) is 5.44. The van der Waals surface area contributed by atoms with E-state index in [1.165, 1.54) is 0 Å². The Labute approximate surface area is 162 Å². The first-order chi connectivity index (χ1) is 13.1. The van der Waals surface area contributed by atoms with E-state index in [9.17, 15) is 4.79 Å². The third-order valence-corrected chi connectivity index (χ3v) is 5.07. The van der Waals surface area contributed by atoms with Gasteiger partial charge in [-0.25, -0.2) is 4.98 Å². The Balaban J connectivity index is 1.65. The summed E-state index contributed by atoms with van der Waals surface area (Å²) in [6.45, 7) is 0.929. The van der Waals surface area contributed by atoms with Crippen LogP contribution in [-0.4, -0.2) is 27.9 Å². The smallest absolute Gasteiger partial charge is 0.226 e. The van der Waals surface area contributed by atoms with Crippen molar-refractivity contribution in [2.75, 3.05) is 7.11 Å². The predicted molar refractivity (Wildman–Crippen MR) is 105 cm³/mol. The van der Waals surface area contributed by atoms with Crippen molar-refractivity contribution >= 4 is 28.4 Å². The van der Waals surface area contributed by atoms with E-state index in [1.54, 1.807) is 19.5 Å². The zero-order valence-corrected chi connectivity index (χ0v) is 15.8. The predicted octanol–water partition coefficient (Wildman–Crippen LogP) is 4.23. The van der Waals surface area contributed by atoms with E-state index in [0.717, 1.165) is 40.6 Å². The Morgan fingerprint density at radius 3 is 2.81 bits per heavy atom. The highest BCUT2D eigenvalue weighted by Crippen LogP contribution is 2.33. The fraction of sp³-hybridized carbons (Fsp3) is 0.286. The van der Waals surface area contributed by atoms with Crippen molar-refractivity contribution < 1.29 is 9.53 Å². The molecule has 1 aromatic carbocycles. The molecule has 1 amide bonds. The second-order valence-corrected chi connectivity index (χ2v) is 7.18. The fourth-order valence-corrected chi connectivity index (χ4v) is 3.34. The van der Waals surface area contributed by atoms with Gasteiger partial charge < -0.3 is 9.64 Å². The maximum Gasteiger partial charge on any atom is 0.226 e. The number of hydrogen-bond acceptors (Lipinski definition) is 4. The van der Waals surface area contributed by atoms with Gasteiger partial charge in [0, 0.05) is 42.4 Å². The first-order valence-electron chi connectivity index (χ1n) is 8.95. The number of rotatable bonds is 6. The molecule has 1 fully saturated rings. The average Bonchev–Trinajstić information content (AvgIpc) is 3.53. The van der Waals surface area contributed by atoms with Crippen molar-refractivity contribution in [3.8, 4) is 5.75 Å². The normalized spacial score (nSPS) is 13.6. The van der Waals surface area contributed by atoms with E-state index in [1.807, 2.05) is 41.3 Å². The maximum atomic E-state index is 12.8. The zero-order chi connectivity index (χ0) is 18.8. The molecule has 0 atom stereocenters. The monoisotopic (exact) mass is 381 g/mol. The van der Waals surface area contributed by atoms with Crippen LogP contribution in [0.15, 0.2) is 48.8 Å². The van der Waals surface area contributed by atoms with Gasteiger partial charge in [0.1, 0.15) is 10.9 Å². The Kier molecular flexibility index (Phi) is 4.94. The van der Waals surface area contributed by atoms with Gasteiger partial charge in [0.15, 0.2) is 0 Å². The number of hydrogen-bond donors (Lipinski definition) is 0. The maximum absolute atomic E-state index is 12.8. The number of fused-ring (bicyclic) bond motifs is 1. The highest BCUT2D eigenvalue weighted by atomic mass is 35.5.